The summed E-state index contributed by atoms with van der Waals surface area (Å²) < 4.78 is 2.44. The van der Waals surface area contributed by atoms with Gasteiger partial charge in [-0.25, -0.2) is 9.97 Å². The van der Waals surface area contributed by atoms with Crippen molar-refractivity contribution in [3.63, 3.8) is 0 Å². The summed E-state index contributed by atoms with van der Waals surface area (Å²) in [6.45, 7) is 0. The van der Waals surface area contributed by atoms with Crippen LogP contribution >= 0.6 is 0 Å². The first-order valence-corrected chi connectivity index (χ1v) is 21.4. The Kier molecular flexibility index (Phi) is 7.67. The van der Waals surface area contributed by atoms with E-state index in [1.807, 2.05) is 0 Å². The molecular formula is C59H37N3. The summed E-state index contributed by atoms with van der Waals surface area (Å²) >= 11 is 0. The van der Waals surface area contributed by atoms with Gasteiger partial charge in [-0.1, -0.05) is 176 Å². The first-order valence-electron chi connectivity index (χ1n) is 21.4. The van der Waals surface area contributed by atoms with Gasteiger partial charge >= 0.3 is 0 Å². The molecule has 1 aliphatic rings. The van der Waals surface area contributed by atoms with Gasteiger partial charge in [0.2, 0.25) is 0 Å². The van der Waals surface area contributed by atoms with Crippen LogP contribution in [-0.2, 0) is 0 Å². The zero-order valence-electron chi connectivity index (χ0n) is 33.7. The largest absolute Gasteiger partial charge is 0.309 e. The van der Waals surface area contributed by atoms with Crippen molar-refractivity contribution < 1.29 is 0 Å². The number of hydrogen-bond acceptors (Lipinski definition) is 2. The van der Waals surface area contributed by atoms with Crippen LogP contribution in [0.3, 0.4) is 0 Å². The van der Waals surface area contributed by atoms with E-state index in [9.17, 15) is 0 Å². The van der Waals surface area contributed by atoms with Crippen LogP contribution < -0.4 is 0 Å². The Bertz CT molecular complexity index is 3620. The van der Waals surface area contributed by atoms with Crippen molar-refractivity contribution in [3.8, 4) is 50.7 Å². The maximum atomic E-state index is 5.59. The van der Waals surface area contributed by atoms with E-state index in [2.05, 4.69) is 223 Å². The summed E-state index contributed by atoms with van der Waals surface area (Å²) in [6, 6.07) is 79.4. The van der Waals surface area contributed by atoms with Crippen LogP contribution in [0.2, 0.25) is 0 Å². The summed E-state index contributed by atoms with van der Waals surface area (Å²) in [6.07, 6.45) is 0. The Hall–Kier alpha value is -8.14. The van der Waals surface area contributed by atoms with Gasteiger partial charge in [-0.2, -0.15) is 0 Å². The van der Waals surface area contributed by atoms with E-state index in [1.165, 1.54) is 71.2 Å². The molecule has 0 aliphatic heterocycles. The van der Waals surface area contributed by atoms with Crippen molar-refractivity contribution in [2.75, 3.05) is 0 Å². The highest BCUT2D eigenvalue weighted by Gasteiger charge is 2.30. The average molecular weight is 788 g/mol. The molecule has 2 aromatic heterocycles. The van der Waals surface area contributed by atoms with E-state index in [0.29, 0.717) is 5.82 Å². The molecule has 0 unspecified atom stereocenters. The zero-order chi connectivity index (χ0) is 40.7. The summed E-state index contributed by atoms with van der Waals surface area (Å²) in [7, 11) is 0. The molecule has 0 N–H and O–H groups in total. The Balaban J connectivity index is 1.14. The fourth-order valence-corrected chi connectivity index (χ4v) is 10.3. The number of benzene rings is 10. The van der Waals surface area contributed by atoms with Crippen LogP contribution in [0.4, 0.5) is 0 Å². The predicted octanol–water partition coefficient (Wildman–Crippen LogP) is 15.2. The van der Waals surface area contributed by atoms with Gasteiger partial charge < -0.3 is 4.57 Å². The Morgan fingerprint density at radius 3 is 1.52 bits per heavy atom. The molecule has 62 heavy (non-hydrogen) atoms. The first kappa shape index (κ1) is 34.7. The third kappa shape index (κ3) is 5.32. The Labute approximate surface area is 358 Å². The predicted molar refractivity (Wildman–Crippen MR) is 258 cm³/mol. The van der Waals surface area contributed by atoms with Gasteiger partial charge in [0.15, 0.2) is 5.82 Å². The van der Waals surface area contributed by atoms with Crippen LogP contribution in [0.1, 0.15) is 22.6 Å². The van der Waals surface area contributed by atoms with Crippen molar-refractivity contribution in [1.82, 2.24) is 14.5 Å². The summed E-state index contributed by atoms with van der Waals surface area (Å²) in [5.74, 6) is 0.738. The minimum atomic E-state index is 0.0371. The van der Waals surface area contributed by atoms with Crippen molar-refractivity contribution >= 4 is 54.1 Å². The summed E-state index contributed by atoms with van der Waals surface area (Å²) in [5.41, 5.74) is 14.8. The average Bonchev–Trinajstić information content (AvgIpc) is 3.86. The molecule has 3 nitrogen and oxygen atoms in total. The second kappa shape index (κ2) is 13.7. The molecule has 1 aliphatic carbocycles. The first-order chi connectivity index (χ1) is 30.7. The van der Waals surface area contributed by atoms with Crippen molar-refractivity contribution in [2.24, 2.45) is 0 Å². The van der Waals surface area contributed by atoms with Gasteiger partial charge in [-0.3, -0.25) is 0 Å². The molecule has 10 aromatic carbocycles. The lowest BCUT2D eigenvalue weighted by Crippen LogP contribution is -2.04. The van der Waals surface area contributed by atoms with Gasteiger partial charge in [-0.15, -0.1) is 0 Å². The number of aromatic nitrogens is 3. The lowest BCUT2D eigenvalue weighted by Gasteiger charge is -2.20. The lowest BCUT2D eigenvalue weighted by atomic mass is 9.87. The molecule has 0 radical (unpaired) electrons. The van der Waals surface area contributed by atoms with Gasteiger partial charge in [0.05, 0.1) is 22.4 Å². The van der Waals surface area contributed by atoms with Gasteiger partial charge in [0, 0.05) is 39.1 Å². The van der Waals surface area contributed by atoms with E-state index < -0.39 is 0 Å². The Morgan fingerprint density at radius 1 is 0.355 bits per heavy atom. The Morgan fingerprint density at radius 2 is 0.855 bits per heavy atom. The highest BCUT2D eigenvalue weighted by Crippen LogP contribution is 2.49. The van der Waals surface area contributed by atoms with Crippen LogP contribution in [0.15, 0.2) is 218 Å². The zero-order valence-corrected chi connectivity index (χ0v) is 33.7. The van der Waals surface area contributed by atoms with Crippen molar-refractivity contribution in [3.05, 3.63) is 235 Å². The van der Waals surface area contributed by atoms with E-state index >= 15 is 0 Å². The highest BCUT2D eigenvalue weighted by atomic mass is 15.0. The number of nitrogens with zero attached hydrogens (tertiary/aromatic N) is 3. The molecule has 0 saturated carbocycles. The molecular weight excluding hydrogens is 751 g/mol. The SMILES string of the molecule is c1ccc2c(c1)-c1ccccc1C2c1cc(-c2cc(-c3c4ccccc4cc4ccccc34)nc(-c3cccc4ccccc34)n2)cc(-n2c3ccccc3c3ccccc32)c1. The topological polar surface area (TPSA) is 30.7 Å². The number of rotatable bonds is 5. The van der Waals surface area contributed by atoms with Crippen molar-refractivity contribution in [1.29, 1.82) is 0 Å². The molecule has 2 heterocycles. The quantitative estimate of drug-likeness (QED) is 0.163. The number of para-hydroxylation sites is 2. The molecule has 288 valence electrons. The highest BCUT2D eigenvalue weighted by molar-refractivity contribution is 6.13. The van der Waals surface area contributed by atoms with E-state index in [-0.39, 0.29) is 5.92 Å². The number of hydrogen-bond donors (Lipinski definition) is 0. The fraction of sp³-hybridized carbons (Fsp3) is 0.0169. The van der Waals surface area contributed by atoms with Crippen LogP contribution in [0.25, 0.3) is 105 Å². The van der Waals surface area contributed by atoms with Crippen LogP contribution in [-0.4, -0.2) is 14.5 Å². The normalized spacial score (nSPS) is 12.5. The molecule has 3 heteroatoms. The molecule has 0 fully saturated rings. The van der Waals surface area contributed by atoms with Gasteiger partial charge in [0.25, 0.3) is 0 Å². The minimum Gasteiger partial charge on any atom is -0.309 e. The van der Waals surface area contributed by atoms with E-state index in [0.717, 1.165) is 44.5 Å². The van der Waals surface area contributed by atoms with Crippen molar-refractivity contribution in [2.45, 2.75) is 5.92 Å². The number of fused-ring (bicyclic) bond motifs is 9. The maximum Gasteiger partial charge on any atom is 0.161 e. The van der Waals surface area contributed by atoms with Gasteiger partial charge in [0.1, 0.15) is 0 Å². The standard InChI is InChI=1S/C59H37N3/c1-4-20-43-37(16-1)19-15-29-52(43)59-60-53(36-54(61-59)58-44-21-5-2-17-38(44)32-39-18-3-6-22-45(39)58)40-33-41(57-50-27-9-7-23-46(50)47-24-8-10-28-51(47)57)35-42(34-40)62-55-30-13-11-25-48(55)49-26-12-14-31-56(49)62/h1-36,57H. The molecule has 12 aromatic rings. The molecule has 0 bridgehead atoms. The van der Waals surface area contributed by atoms with Crippen LogP contribution in [0, 0.1) is 0 Å². The van der Waals surface area contributed by atoms with E-state index in [4.69, 9.17) is 9.97 Å². The lowest BCUT2D eigenvalue weighted by molar-refractivity contribution is 1.01. The molecule has 0 amide bonds. The second-order valence-corrected chi connectivity index (χ2v) is 16.5. The molecule has 13 rings (SSSR count). The third-order valence-electron chi connectivity index (χ3n) is 13.0. The minimum absolute atomic E-state index is 0.0371. The fourth-order valence-electron chi connectivity index (χ4n) is 10.3. The summed E-state index contributed by atoms with van der Waals surface area (Å²) in [5, 5.41) is 9.45. The smallest absolute Gasteiger partial charge is 0.161 e. The molecule has 0 saturated heterocycles. The summed E-state index contributed by atoms with van der Waals surface area (Å²) in [4.78, 5) is 11.1. The maximum absolute atomic E-state index is 5.59. The molecule has 0 spiro atoms. The third-order valence-corrected chi connectivity index (χ3v) is 13.0. The molecule has 0 atom stereocenters. The van der Waals surface area contributed by atoms with Gasteiger partial charge in [-0.05, 0) is 103 Å². The second-order valence-electron chi connectivity index (χ2n) is 16.5. The monoisotopic (exact) mass is 787 g/mol. The van der Waals surface area contributed by atoms with Crippen LogP contribution in [0.5, 0.6) is 0 Å². The van der Waals surface area contributed by atoms with E-state index in [1.54, 1.807) is 0 Å².